The average molecular weight is 218 g/mol. The lowest BCUT2D eigenvalue weighted by Gasteiger charge is -2.20. The zero-order valence-electron chi connectivity index (χ0n) is 9.14. The van der Waals surface area contributed by atoms with Crippen molar-refractivity contribution in [2.24, 2.45) is 10.9 Å². The van der Waals surface area contributed by atoms with Gasteiger partial charge in [-0.15, -0.1) is 0 Å². The van der Waals surface area contributed by atoms with Gasteiger partial charge in [-0.2, -0.15) is 0 Å². The Hall–Kier alpha value is -1.84. The van der Waals surface area contributed by atoms with Gasteiger partial charge in [0.2, 0.25) is 5.60 Å². The number of amides is 1. The van der Waals surface area contributed by atoms with Gasteiger partial charge >= 0.3 is 0 Å². The van der Waals surface area contributed by atoms with E-state index in [4.69, 9.17) is 10.6 Å². The van der Waals surface area contributed by atoms with Crippen molar-refractivity contribution in [1.82, 2.24) is 0 Å². The number of rotatable bonds is 3. The first-order valence-electron chi connectivity index (χ1n) is 5.28. The number of carbonyl (C=O) groups is 1. The first-order valence-corrected chi connectivity index (χ1v) is 5.28. The maximum atomic E-state index is 11.4. The van der Waals surface area contributed by atoms with Crippen molar-refractivity contribution in [3.05, 3.63) is 35.9 Å². The smallest absolute Gasteiger partial charge is 0.264 e. The van der Waals surface area contributed by atoms with Gasteiger partial charge in [-0.3, -0.25) is 4.79 Å². The Morgan fingerprint density at radius 1 is 1.50 bits per heavy atom. The van der Waals surface area contributed by atoms with Crippen LogP contribution in [-0.4, -0.2) is 17.2 Å². The Morgan fingerprint density at radius 3 is 2.69 bits per heavy atom. The van der Waals surface area contributed by atoms with Crippen LogP contribution >= 0.6 is 0 Å². The Balaban J connectivity index is 2.22. The van der Waals surface area contributed by atoms with Gasteiger partial charge in [0.25, 0.3) is 5.91 Å². The van der Waals surface area contributed by atoms with Crippen LogP contribution in [-0.2, 0) is 9.63 Å². The van der Waals surface area contributed by atoms with Crippen LogP contribution in [0.4, 0.5) is 0 Å². The number of primary amides is 1. The van der Waals surface area contributed by atoms with Crippen molar-refractivity contribution >= 4 is 11.6 Å². The number of nitrogens with zero attached hydrogens (tertiary/aromatic N) is 1. The normalized spacial score (nSPS) is 23.7. The maximum Gasteiger partial charge on any atom is 0.264 e. The monoisotopic (exact) mass is 218 g/mol. The highest BCUT2D eigenvalue weighted by Crippen LogP contribution is 2.29. The second kappa shape index (κ2) is 3.96. The summed E-state index contributed by atoms with van der Waals surface area (Å²) >= 11 is 0. The minimum atomic E-state index is -0.953. The molecule has 4 nitrogen and oxygen atoms in total. The van der Waals surface area contributed by atoms with Crippen LogP contribution in [0.15, 0.2) is 35.5 Å². The fourth-order valence-corrected chi connectivity index (χ4v) is 1.76. The van der Waals surface area contributed by atoms with E-state index in [-0.39, 0.29) is 0 Å². The molecule has 2 N–H and O–H groups in total. The summed E-state index contributed by atoms with van der Waals surface area (Å²) in [6.07, 6.45) is 0.977. The zero-order valence-corrected chi connectivity index (χ0v) is 9.14. The van der Waals surface area contributed by atoms with Gasteiger partial charge in [0.15, 0.2) is 0 Å². The van der Waals surface area contributed by atoms with Gasteiger partial charge in [0.1, 0.15) is 0 Å². The average Bonchev–Trinajstić information content (AvgIpc) is 2.76. The summed E-state index contributed by atoms with van der Waals surface area (Å²) < 4.78 is 0. The largest absolute Gasteiger partial charge is 0.378 e. The Morgan fingerprint density at radius 2 is 2.19 bits per heavy atom. The number of oxime groups is 1. The van der Waals surface area contributed by atoms with Crippen LogP contribution in [0.25, 0.3) is 0 Å². The molecule has 1 unspecified atom stereocenters. The molecule has 0 bridgehead atoms. The molecule has 0 fully saturated rings. The first kappa shape index (κ1) is 10.7. The van der Waals surface area contributed by atoms with E-state index in [9.17, 15) is 4.79 Å². The SMILES string of the molecule is CCC1(C(N)=O)CC(c2ccccc2)=NO1. The fourth-order valence-electron chi connectivity index (χ4n) is 1.76. The summed E-state index contributed by atoms with van der Waals surface area (Å²) in [6, 6.07) is 9.66. The van der Waals surface area contributed by atoms with Crippen molar-refractivity contribution in [2.45, 2.75) is 25.4 Å². The summed E-state index contributed by atoms with van der Waals surface area (Å²) in [4.78, 5) is 16.6. The maximum absolute atomic E-state index is 11.4. The summed E-state index contributed by atoms with van der Waals surface area (Å²) in [5.41, 5.74) is 6.14. The number of benzene rings is 1. The van der Waals surface area contributed by atoms with E-state index in [1.54, 1.807) is 0 Å². The van der Waals surface area contributed by atoms with Gasteiger partial charge in [-0.1, -0.05) is 42.4 Å². The van der Waals surface area contributed by atoms with Crippen LogP contribution < -0.4 is 5.73 Å². The minimum absolute atomic E-state index is 0.447. The fraction of sp³-hybridized carbons (Fsp3) is 0.333. The van der Waals surface area contributed by atoms with E-state index in [0.717, 1.165) is 11.3 Å². The number of carbonyl (C=O) groups excluding carboxylic acids is 1. The molecule has 16 heavy (non-hydrogen) atoms. The predicted molar refractivity (Wildman–Crippen MR) is 60.9 cm³/mol. The number of nitrogens with two attached hydrogens (primary N) is 1. The molecule has 1 heterocycles. The number of hydrogen-bond acceptors (Lipinski definition) is 3. The first-order chi connectivity index (χ1) is 7.68. The quantitative estimate of drug-likeness (QED) is 0.834. The van der Waals surface area contributed by atoms with Gasteiger partial charge < -0.3 is 10.6 Å². The topological polar surface area (TPSA) is 64.7 Å². The van der Waals surface area contributed by atoms with Crippen LogP contribution in [0.1, 0.15) is 25.3 Å². The predicted octanol–water partition coefficient (Wildman–Crippen LogP) is 1.45. The second-order valence-electron chi connectivity index (χ2n) is 3.88. The molecule has 1 aliphatic heterocycles. The van der Waals surface area contributed by atoms with Gasteiger partial charge in [0, 0.05) is 6.42 Å². The molecule has 1 aromatic carbocycles. The van der Waals surface area contributed by atoms with Crippen LogP contribution in [0, 0.1) is 0 Å². The molecule has 0 radical (unpaired) electrons. The van der Waals surface area contributed by atoms with Crippen molar-refractivity contribution in [3.63, 3.8) is 0 Å². The Bertz CT molecular complexity index is 428. The zero-order chi connectivity index (χ0) is 11.6. The van der Waals surface area contributed by atoms with Crippen molar-refractivity contribution in [2.75, 3.05) is 0 Å². The molecule has 0 spiro atoms. The third-order valence-electron chi connectivity index (χ3n) is 2.91. The Kier molecular flexibility index (Phi) is 2.64. The highest BCUT2D eigenvalue weighted by atomic mass is 16.7. The third-order valence-corrected chi connectivity index (χ3v) is 2.91. The third kappa shape index (κ3) is 1.66. The van der Waals surface area contributed by atoms with Crippen molar-refractivity contribution in [1.29, 1.82) is 0 Å². The second-order valence-corrected chi connectivity index (χ2v) is 3.88. The lowest BCUT2D eigenvalue weighted by atomic mass is 9.91. The molecule has 1 aliphatic rings. The van der Waals surface area contributed by atoms with E-state index in [0.29, 0.717) is 12.8 Å². The summed E-state index contributed by atoms with van der Waals surface area (Å²) in [5, 5.41) is 3.97. The summed E-state index contributed by atoms with van der Waals surface area (Å²) in [7, 11) is 0. The minimum Gasteiger partial charge on any atom is -0.378 e. The van der Waals surface area contributed by atoms with Crippen LogP contribution in [0.3, 0.4) is 0 Å². The molecule has 1 atom stereocenters. The Labute approximate surface area is 94.1 Å². The lowest BCUT2D eigenvalue weighted by molar-refractivity contribution is -0.140. The highest BCUT2D eigenvalue weighted by Gasteiger charge is 2.43. The molecule has 4 heteroatoms. The molecule has 0 aromatic heterocycles. The molecule has 84 valence electrons. The van der Waals surface area contributed by atoms with E-state index < -0.39 is 11.5 Å². The molecule has 0 saturated carbocycles. The van der Waals surface area contributed by atoms with Crippen LogP contribution in [0.2, 0.25) is 0 Å². The van der Waals surface area contributed by atoms with E-state index in [1.807, 2.05) is 37.3 Å². The molecule has 0 saturated heterocycles. The number of hydrogen-bond donors (Lipinski definition) is 1. The summed E-state index contributed by atoms with van der Waals surface area (Å²) in [6.45, 7) is 1.87. The van der Waals surface area contributed by atoms with Crippen molar-refractivity contribution < 1.29 is 9.63 Å². The highest BCUT2D eigenvalue weighted by molar-refractivity contribution is 6.05. The van der Waals surface area contributed by atoms with Crippen LogP contribution in [0.5, 0.6) is 0 Å². The molecule has 1 aromatic rings. The molecule has 0 aliphatic carbocycles. The molecular formula is C12H14N2O2. The lowest BCUT2D eigenvalue weighted by Crippen LogP contribution is -2.43. The van der Waals surface area contributed by atoms with Gasteiger partial charge in [-0.05, 0) is 12.0 Å². The van der Waals surface area contributed by atoms with E-state index in [2.05, 4.69) is 5.16 Å². The molecule has 1 amide bonds. The molecule has 2 rings (SSSR count). The summed E-state index contributed by atoms with van der Waals surface area (Å²) in [5.74, 6) is -0.454. The van der Waals surface area contributed by atoms with Crippen molar-refractivity contribution in [3.8, 4) is 0 Å². The van der Waals surface area contributed by atoms with Gasteiger partial charge in [0.05, 0.1) is 5.71 Å². The van der Waals surface area contributed by atoms with E-state index in [1.165, 1.54) is 0 Å². The molecular weight excluding hydrogens is 204 g/mol. The standard InChI is InChI=1S/C12H14N2O2/c1-2-12(11(13)15)8-10(14-16-12)9-6-4-3-5-7-9/h3-7H,2,8H2,1H3,(H2,13,15). The van der Waals surface area contributed by atoms with E-state index >= 15 is 0 Å². The van der Waals surface area contributed by atoms with Gasteiger partial charge in [-0.25, -0.2) is 0 Å².